The van der Waals surface area contributed by atoms with E-state index in [1.807, 2.05) is 30.3 Å². The Labute approximate surface area is 145 Å². The van der Waals surface area contributed by atoms with Crippen LogP contribution in [0.5, 0.6) is 0 Å². The van der Waals surface area contributed by atoms with Crippen LogP contribution in [0, 0.1) is 0 Å². The molecule has 3 rings (SSSR count). The number of carbonyl (C=O) groups excluding carboxylic acids is 2. The molecule has 0 saturated carbocycles. The van der Waals surface area contributed by atoms with Gasteiger partial charge < -0.3 is 9.80 Å². The van der Waals surface area contributed by atoms with Gasteiger partial charge in [0.05, 0.1) is 5.56 Å². The Kier molecular flexibility index (Phi) is 4.81. The molecule has 0 unspecified atom stereocenters. The van der Waals surface area contributed by atoms with Crippen LogP contribution in [0.15, 0.2) is 42.7 Å². The summed E-state index contributed by atoms with van der Waals surface area (Å²) in [4.78, 5) is 31.8. The van der Waals surface area contributed by atoms with Crippen molar-refractivity contribution >= 4 is 23.4 Å². The van der Waals surface area contributed by atoms with Crippen molar-refractivity contribution in [3.63, 3.8) is 0 Å². The lowest BCUT2D eigenvalue weighted by Gasteiger charge is -2.34. The summed E-state index contributed by atoms with van der Waals surface area (Å²) in [6.45, 7) is 3.76. The van der Waals surface area contributed by atoms with Crippen molar-refractivity contribution in [1.29, 1.82) is 0 Å². The zero-order valence-electron chi connectivity index (χ0n) is 13.4. The van der Waals surface area contributed by atoms with Crippen molar-refractivity contribution < 1.29 is 9.59 Å². The first-order chi connectivity index (χ1) is 11.6. The number of amides is 2. The van der Waals surface area contributed by atoms with Crippen LogP contribution >= 0.6 is 11.6 Å². The lowest BCUT2D eigenvalue weighted by molar-refractivity contribution is -0.130. The lowest BCUT2D eigenvalue weighted by Crippen LogP contribution is -2.50. The summed E-state index contributed by atoms with van der Waals surface area (Å²) in [6, 6.07) is 9.29. The average Bonchev–Trinajstić information content (AvgIpc) is 2.61. The number of aromatic nitrogens is 1. The molecule has 1 aromatic carbocycles. The van der Waals surface area contributed by atoms with E-state index in [2.05, 4.69) is 4.98 Å². The van der Waals surface area contributed by atoms with Crippen LogP contribution in [0.1, 0.15) is 17.3 Å². The maximum Gasteiger partial charge on any atom is 0.255 e. The minimum atomic E-state index is -0.0698. The van der Waals surface area contributed by atoms with E-state index < -0.39 is 0 Å². The second-order valence-corrected chi connectivity index (χ2v) is 6.15. The van der Waals surface area contributed by atoms with E-state index in [1.54, 1.807) is 29.1 Å². The molecule has 2 amide bonds. The van der Waals surface area contributed by atoms with Gasteiger partial charge >= 0.3 is 0 Å². The van der Waals surface area contributed by atoms with E-state index in [4.69, 9.17) is 11.6 Å². The van der Waals surface area contributed by atoms with Gasteiger partial charge in [-0.25, -0.2) is 0 Å². The molecule has 2 heterocycles. The van der Waals surface area contributed by atoms with Crippen molar-refractivity contribution in [2.24, 2.45) is 0 Å². The van der Waals surface area contributed by atoms with Crippen LogP contribution in [0.3, 0.4) is 0 Å². The normalized spacial score (nSPS) is 14.6. The first kappa shape index (κ1) is 16.5. The van der Waals surface area contributed by atoms with Crippen molar-refractivity contribution in [3.05, 3.63) is 53.3 Å². The molecular weight excluding hydrogens is 326 g/mol. The summed E-state index contributed by atoms with van der Waals surface area (Å²) in [6.07, 6.45) is 3.27. The van der Waals surface area contributed by atoms with Crippen LogP contribution in [-0.4, -0.2) is 52.8 Å². The molecule has 0 N–H and O–H groups in total. The minimum absolute atomic E-state index is 0.0458. The third kappa shape index (κ3) is 3.41. The summed E-state index contributed by atoms with van der Waals surface area (Å²) in [5.74, 6) is -0.0240. The highest BCUT2D eigenvalue weighted by atomic mass is 35.5. The summed E-state index contributed by atoms with van der Waals surface area (Å²) >= 11 is 6.22. The molecule has 1 fully saturated rings. The van der Waals surface area contributed by atoms with E-state index in [0.717, 1.165) is 11.1 Å². The van der Waals surface area contributed by atoms with E-state index >= 15 is 0 Å². The Balaban J connectivity index is 1.78. The second kappa shape index (κ2) is 7.01. The van der Waals surface area contributed by atoms with Crippen molar-refractivity contribution in [2.45, 2.75) is 6.92 Å². The Bertz CT molecular complexity index is 770. The minimum Gasteiger partial charge on any atom is -0.339 e. The average molecular weight is 344 g/mol. The quantitative estimate of drug-likeness (QED) is 0.842. The van der Waals surface area contributed by atoms with Gasteiger partial charge in [-0.3, -0.25) is 14.6 Å². The van der Waals surface area contributed by atoms with E-state index in [0.29, 0.717) is 36.8 Å². The molecule has 1 saturated heterocycles. The van der Waals surface area contributed by atoms with Gasteiger partial charge in [0.25, 0.3) is 5.91 Å². The van der Waals surface area contributed by atoms with E-state index in [9.17, 15) is 9.59 Å². The monoisotopic (exact) mass is 343 g/mol. The Hall–Kier alpha value is -2.40. The number of pyridine rings is 1. The fourth-order valence-electron chi connectivity index (χ4n) is 2.81. The molecule has 1 aliphatic rings. The molecule has 5 nitrogen and oxygen atoms in total. The van der Waals surface area contributed by atoms with Gasteiger partial charge in [-0.05, 0) is 12.1 Å². The fraction of sp³-hybridized carbons (Fsp3) is 0.278. The number of benzene rings is 1. The maximum absolute atomic E-state index is 12.7. The fourth-order valence-corrected chi connectivity index (χ4v) is 3.05. The first-order valence-corrected chi connectivity index (χ1v) is 8.19. The molecule has 0 radical (unpaired) electrons. The molecule has 0 spiro atoms. The van der Waals surface area contributed by atoms with E-state index in [-0.39, 0.29) is 11.8 Å². The molecular formula is C18H18ClN3O2. The van der Waals surface area contributed by atoms with Crippen LogP contribution < -0.4 is 0 Å². The highest BCUT2D eigenvalue weighted by molar-refractivity contribution is 6.33. The first-order valence-electron chi connectivity index (χ1n) is 7.81. The molecule has 0 aliphatic carbocycles. The molecule has 0 bridgehead atoms. The summed E-state index contributed by atoms with van der Waals surface area (Å²) in [5, 5.41) is 0.624. The van der Waals surface area contributed by atoms with Gasteiger partial charge in [-0.2, -0.15) is 0 Å². The van der Waals surface area contributed by atoms with Gasteiger partial charge in [0.1, 0.15) is 0 Å². The molecule has 1 aromatic heterocycles. The number of hydrogen-bond acceptors (Lipinski definition) is 3. The standard InChI is InChI=1S/C18H18ClN3O2/c1-13(23)21-6-8-22(9-7-21)18(24)15-10-14(11-20-12-15)16-4-2-3-5-17(16)19/h2-5,10-12H,6-9H2,1H3. The predicted octanol–water partition coefficient (Wildman–Crippen LogP) is 2.71. The van der Waals surface area contributed by atoms with Crippen molar-refractivity contribution in [3.8, 4) is 11.1 Å². The zero-order valence-corrected chi connectivity index (χ0v) is 14.2. The zero-order chi connectivity index (χ0) is 17.1. The molecule has 0 atom stereocenters. The predicted molar refractivity (Wildman–Crippen MR) is 92.8 cm³/mol. The molecule has 24 heavy (non-hydrogen) atoms. The van der Waals surface area contributed by atoms with Crippen LogP contribution in [0.4, 0.5) is 0 Å². The summed E-state index contributed by atoms with van der Waals surface area (Å²) in [5.41, 5.74) is 2.19. The van der Waals surface area contributed by atoms with Gasteiger partial charge in [-0.15, -0.1) is 0 Å². The third-order valence-electron chi connectivity index (χ3n) is 4.18. The molecule has 2 aromatic rings. The lowest BCUT2D eigenvalue weighted by atomic mass is 10.1. The molecule has 124 valence electrons. The Morgan fingerprint density at radius 2 is 1.71 bits per heavy atom. The topological polar surface area (TPSA) is 53.5 Å². The van der Waals surface area contributed by atoms with Crippen LogP contribution in [0.2, 0.25) is 5.02 Å². The second-order valence-electron chi connectivity index (χ2n) is 5.74. The van der Waals surface area contributed by atoms with Gasteiger partial charge in [0.2, 0.25) is 5.91 Å². The van der Waals surface area contributed by atoms with Crippen molar-refractivity contribution in [2.75, 3.05) is 26.2 Å². The maximum atomic E-state index is 12.7. The number of rotatable bonds is 2. The van der Waals surface area contributed by atoms with Crippen LogP contribution in [-0.2, 0) is 4.79 Å². The van der Waals surface area contributed by atoms with Crippen LogP contribution in [0.25, 0.3) is 11.1 Å². The van der Waals surface area contributed by atoms with Gasteiger partial charge in [0, 0.05) is 61.6 Å². The SMILES string of the molecule is CC(=O)N1CCN(C(=O)c2cncc(-c3ccccc3Cl)c2)CC1. The summed E-state index contributed by atoms with van der Waals surface area (Å²) < 4.78 is 0. The number of hydrogen-bond donors (Lipinski definition) is 0. The highest BCUT2D eigenvalue weighted by Crippen LogP contribution is 2.27. The number of carbonyl (C=O) groups is 2. The van der Waals surface area contributed by atoms with Gasteiger partial charge in [0.15, 0.2) is 0 Å². The van der Waals surface area contributed by atoms with Gasteiger partial charge in [-0.1, -0.05) is 29.8 Å². The largest absolute Gasteiger partial charge is 0.339 e. The Morgan fingerprint density at radius 1 is 1.04 bits per heavy atom. The number of nitrogens with zero attached hydrogens (tertiary/aromatic N) is 3. The molecule has 1 aliphatic heterocycles. The van der Waals surface area contributed by atoms with Crippen molar-refractivity contribution in [1.82, 2.24) is 14.8 Å². The van der Waals surface area contributed by atoms with E-state index in [1.165, 1.54) is 0 Å². The smallest absolute Gasteiger partial charge is 0.255 e. The summed E-state index contributed by atoms with van der Waals surface area (Å²) in [7, 11) is 0. The molecule has 6 heteroatoms. The highest BCUT2D eigenvalue weighted by Gasteiger charge is 2.23. The number of piperazine rings is 1. The number of halogens is 1. The third-order valence-corrected chi connectivity index (χ3v) is 4.51. The Morgan fingerprint density at radius 3 is 2.38 bits per heavy atom.